The summed E-state index contributed by atoms with van der Waals surface area (Å²) in [6, 6.07) is 34.1. The van der Waals surface area contributed by atoms with Gasteiger partial charge in [0.2, 0.25) is 0 Å². The summed E-state index contributed by atoms with van der Waals surface area (Å²) >= 11 is 6.84. The molecule has 0 N–H and O–H groups in total. The van der Waals surface area contributed by atoms with Crippen molar-refractivity contribution >= 4 is 54.8 Å². The van der Waals surface area contributed by atoms with Crippen LogP contribution in [0.25, 0.3) is 0 Å². The number of carbonyl (C=O) groups is 2. The topological polar surface area (TPSA) is 58.9 Å². The molecule has 0 bridgehead atoms. The number of halogens is 2. The molecule has 196 valence electrons. The summed E-state index contributed by atoms with van der Waals surface area (Å²) in [5, 5.41) is 0. The molecule has 1 unspecified atom stereocenters. The van der Waals surface area contributed by atoms with Gasteiger partial charge in [-0.15, -0.1) is 0 Å². The minimum absolute atomic E-state index is 0.00544. The number of Topliss-reactive ketones (excluding diaryl/α,β-unsaturated/α-hetero) is 2. The van der Waals surface area contributed by atoms with E-state index in [1.807, 2.05) is 116 Å². The summed E-state index contributed by atoms with van der Waals surface area (Å²) in [5.41, 5.74) is 4.55. The average Bonchev–Trinajstić information content (AvgIpc) is 2.96. The molecule has 0 heterocycles. The molecule has 0 fully saturated rings. The Labute approximate surface area is 246 Å². The minimum atomic E-state index is -0.195. The van der Waals surface area contributed by atoms with Gasteiger partial charge in [-0.25, -0.2) is 0 Å². The highest BCUT2D eigenvalue weighted by Gasteiger charge is 2.15. The zero-order chi connectivity index (χ0) is 27.6. The van der Waals surface area contributed by atoms with E-state index < -0.39 is 0 Å². The molecular weight excluding hydrogens is 616 g/mol. The van der Waals surface area contributed by atoms with Crippen LogP contribution in [0.4, 0.5) is 0 Å². The van der Waals surface area contributed by atoms with Gasteiger partial charge in [-0.1, -0.05) is 117 Å². The van der Waals surface area contributed by atoms with E-state index in [1.165, 1.54) is 0 Å². The molecule has 4 aromatic rings. The SMILES string of the molecule is CC(CN=C(CC(=O)c1ccc(Br)cc1)c1ccccc1)N=C(CC(=O)c1ccc(Br)cc1)c1ccccc1. The first kappa shape index (κ1) is 28.5. The van der Waals surface area contributed by atoms with Crippen molar-refractivity contribution in [2.45, 2.75) is 25.8 Å². The van der Waals surface area contributed by atoms with Crippen LogP contribution in [-0.4, -0.2) is 35.6 Å². The van der Waals surface area contributed by atoms with Gasteiger partial charge in [-0.3, -0.25) is 19.6 Å². The van der Waals surface area contributed by atoms with Crippen molar-refractivity contribution < 1.29 is 9.59 Å². The van der Waals surface area contributed by atoms with E-state index in [-0.39, 0.29) is 30.4 Å². The van der Waals surface area contributed by atoms with E-state index in [2.05, 4.69) is 31.9 Å². The second-order valence-corrected chi connectivity index (χ2v) is 11.0. The fourth-order valence-electron chi connectivity index (χ4n) is 4.06. The molecule has 0 aliphatic rings. The largest absolute Gasteiger partial charge is 0.294 e. The third-order valence-corrected chi connectivity index (χ3v) is 7.18. The molecule has 4 nitrogen and oxygen atoms in total. The molecule has 0 aliphatic heterocycles. The van der Waals surface area contributed by atoms with Gasteiger partial charge in [0.15, 0.2) is 11.6 Å². The third-order valence-electron chi connectivity index (χ3n) is 6.13. The summed E-state index contributed by atoms with van der Waals surface area (Å²) < 4.78 is 1.85. The Kier molecular flexibility index (Phi) is 10.3. The number of aliphatic imine (C=N–C) groups is 2. The zero-order valence-corrected chi connectivity index (χ0v) is 24.7. The Morgan fingerprint density at radius 1 is 0.590 bits per heavy atom. The first-order chi connectivity index (χ1) is 18.9. The van der Waals surface area contributed by atoms with Crippen LogP contribution in [0.1, 0.15) is 51.6 Å². The second-order valence-electron chi connectivity index (χ2n) is 9.16. The van der Waals surface area contributed by atoms with Crippen LogP contribution < -0.4 is 0 Å². The maximum atomic E-state index is 13.1. The monoisotopic (exact) mass is 642 g/mol. The molecule has 0 spiro atoms. The van der Waals surface area contributed by atoms with Crippen molar-refractivity contribution in [2.75, 3.05) is 6.54 Å². The highest BCUT2D eigenvalue weighted by molar-refractivity contribution is 9.10. The number of carbonyl (C=O) groups excluding carboxylic acids is 2. The predicted molar refractivity (Wildman–Crippen MR) is 166 cm³/mol. The first-order valence-corrected chi connectivity index (χ1v) is 14.3. The second kappa shape index (κ2) is 14.1. The first-order valence-electron chi connectivity index (χ1n) is 12.7. The number of ketones is 2. The lowest BCUT2D eigenvalue weighted by molar-refractivity contribution is 0.0992. The van der Waals surface area contributed by atoms with Gasteiger partial charge in [0.05, 0.1) is 31.1 Å². The molecule has 0 aromatic heterocycles. The average molecular weight is 644 g/mol. The zero-order valence-electron chi connectivity index (χ0n) is 21.6. The Morgan fingerprint density at radius 3 is 1.46 bits per heavy atom. The quantitative estimate of drug-likeness (QED) is 0.122. The number of rotatable bonds is 11. The molecule has 39 heavy (non-hydrogen) atoms. The van der Waals surface area contributed by atoms with Crippen LogP contribution in [0, 0.1) is 0 Å². The van der Waals surface area contributed by atoms with Gasteiger partial charge in [-0.05, 0) is 42.3 Å². The van der Waals surface area contributed by atoms with Crippen molar-refractivity contribution in [3.05, 3.63) is 140 Å². The summed E-state index contributed by atoms with van der Waals surface area (Å²) in [5.74, 6) is 0.0113. The van der Waals surface area contributed by atoms with Crippen LogP contribution in [0.15, 0.2) is 128 Å². The van der Waals surface area contributed by atoms with Crippen molar-refractivity contribution in [3.63, 3.8) is 0 Å². The Balaban J connectivity index is 1.57. The molecule has 1 atom stereocenters. The number of hydrogen-bond donors (Lipinski definition) is 0. The van der Waals surface area contributed by atoms with E-state index in [4.69, 9.17) is 9.98 Å². The summed E-state index contributed by atoms with van der Waals surface area (Å²) in [6.07, 6.45) is 0.378. The summed E-state index contributed by atoms with van der Waals surface area (Å²) in [6.45, 7) is 2.37. The molecule has 6 heteroatoms. The highest BCUT2D eigenvalue weighted by Crippen LogP contribution is 2.17. The van der Waals surface area contributed by atoms with Crippen LogP contribution >= 0.6 is 31.9 Å². The van der Waals surface area contributed by atoms with Crippen LogP contribution in [0.5, 0.6) is 0 Å². The smallest absolute Gasteiger partial charge is 0.168 e. The molecule has 0 radical (unpaired) electrons. The van der Waals surface area contributed by atoms with Crippen LogP contribution in [0.2, 0.25) is 0 Å². The third kappa shape index (κ3) is 8.50. The lowest BCUT2D eigenvalue weighted by atomic mass is 10.00. The minimum Gasteiger partial charge on any atom is -0.294 e. The van der Waals surface area contributed by atoms with E-state index in [9.17, 15) is 9.59 Å². The summed E-state index contributed by atoms with van der Waals surface area (Å²) in [7, 11) is 0. The lowest BCUT2D eigenvalue weighted by Gasteiger charge is -2.12. The fourth-order valence-corrected chi connectivity index (χ4v) is 4.59. The molecule has 4 rings (SSSR count). The Hall–Kier alpha value is -3.48. The van der Waals surface area contributed by atoms with Crippen molar-refractivity contribution in [1.29, 1.82) is 0 Å². The van der Waals surface area contributed by atoms with Gasteiger partial charge in [-0.2, -0.15) is 0 Å². The van der Waals surface area contributed by atoms with Gasteiger partial charge >= 0.3 is 0 Å². The Bertz CT molecular complexity index is 1460. The van der Waals surface area contributed by atoms with E-state index in [1.54, 1.807) is 0 Å². The van der Waals surface area contributed by atoms with Gasteiger partial charge in [0.1, 0.15) is 0 Å². The number of benzene rings is 4. The summed E-state index contributed by atoms with van der Waals surface area (Å²) in [4.78, 5) is 35.9. The normalized spacial score (nSPS) is 12.7. The van der Waals surface area contributed by atoms with Crippen LogP contribution in [-0.2, 0) is 0 Å². The molecule has 0 saturated heterocycles. The van der Waals surface area contributed by atoms with E-state index in [0.29, 0.717) is 17.7 Å². The maximum absolute atomic E-state index is 13.1. The van der Waals surface area contributed by atoms with Crippen LogP contribution in [0.3, 0.4) is 0 Å². The van der Waals surface area contributed by atoms with E-state index in [0.717, 1.165) is 31.5 Å². The van der Waals surface area contributed by atoms with Gasteiger partial charge in [0.25, 0.3) is 0 Å². The number of nitrogens with zero attached hydrogens (tertiary/aromatic N) is 2. The predicted octanol–water partition coefficient (Wildman–Crippen LogP) is 8.42. The molecule has 0 amide bonds. The van der Waals surface area contributed by atoms with Gasteiger partial charge < -0.3 is 0 Å². The lowest BCUT2D eigenvalue weighted by Crippen LogP contribution is -2.16. The molecular formula is C33H28Br2N2O2. The fraction of sp³-hybridized carbons (Fsp3) is 0.152. The standard InChI is InChI=1S/C33H28Br2N2O2/c1-23(37-31(25-10-6-3-7-11-25)21-33(39)27-14-18-29(35)19-15-27)22-36-30(24-8-4-2-5-9-24)20-32(38)26-12-16-28(34)17-13-26/h2-19,23H,20-22H2,1H3. The maximum Gasteiger partial charge on any atom is 0.168 e. The number of hydrogen-bond acceptors (Lipinski definition) is 4. The van der Waals surface area contributed by atoms with Crippen molar-refractivity contribution in [3.8, 4) is 0 Å². The Morgan fingerprint density at radius 2 is 1.00 bits per heavy atom. The van der Waals surface area contributed by atoms with Crippen molar-refractivity contribution in [1.82, 2.24) is 0 Å². The van der Waals surface area contributed by atoms with Crippen molar-refractivity contribution in [2.24, 2.45) is 9.98 Å². The highest BCUT2D eigenvalue weighted by atomic mass is 79.9. The van der Waals surface area contributed by atoms with Gasteiger partial charge in [0, 0.05) is 25.8 Å². The molecule has 0 aliphatic carbocycles. The van der Waals surface area contributed by atoms with E-state index >= 15 is 0 Å². The molecule has 0 saturated carbocycles. The molecule has 4 aromatic carbocycles.